The molecule has 0 aliphatic heterocycles. The molecule has 0 aliphatic rings. The van der Waals surface area contributed by atoms with Crippen LogP contribution in [0, 0.1) is 0 Å². The molecule has 0 amide bonds. The Morgan fingerprint density at radius 1 is 1.20 bits per heavy atom. The summed E-state index contributed by atoms with van der Waals surface area (Å²) in [6, 6.07) is 9.68. The second-order valence-electron chi connectivity index (χ2n) is 5.44. The lowest BCUT2D eigenvalue weighted by Gasteiger charge is -2.13. The fourth-order valence-corrected chi connectivity index (χ4v) is 3.56. The highest BCUT2D eigenvalue weighted by atomic mass is 32.1. The van der Waals surface area contributed by atoms with E-state index in [-0.39, 0.29) is 0 Å². The Bertz CT molecular complexity index is 901. The van der Waals surface area contributed by atoms with Gasteiger partial charge in [0.1, 0.15) is 11.5 Å². The molecule has 5 nitrogen and oxygen atoms in total. The number of aromatic nitrogens is 2. The molecular formula is C19H21N3O2S. The van der Waals surface area contributed by atoms with Crippen LogP contribution in [0.25, 0.3) is 11.3 Å². The average Bonchev–Trinajstić information content (AvgIpc) is 3.04. The van der Waals surface area contributed by atoms with Crippen molar-refractivity contribution in [1.29, 1.82) is 0 Å². The summed E-state index contributed by atoms with van der Waals surface area (Å²) in [6.07, 6.45) is 4.53. The smallest absolute Gasteiger partial charge is 0.190 e. The molecule has 0 aliphatic carbocycles. The van der Waals surface area contributed by atoms with Crippen LogP contribution in [0.15, 0.2) is 53.1 Å². The van der Waals surface area contributed by atoms with Gasteiger partial charge in [-0.25, -0.2) is 4.99 Å². The predicted molar refractivity (Wildman–Crippen MR) is 101 cm³/mol. The van der Waals surface area contributed by atoms with Crippen molar-refractivity contribution in [3.63, 3.8) is 0 Å². The maximum absolute atomic E-state index is 5.56. The first-order valence-electron chi connectivity index (χ1n) is 8.12. The number of rotatable bonds is 6. The van der Waals surface area contributed by atoms with E-state index in [9.17, 15) is 0 Å². The molecule has 0 saturated carbocycles. The Hall–Kier alpha value is -2.60. The van der Waals surface area contributed by atoms with Gasteiger partial charge < -0.3 is 14.0 Å². The number of benzene rings is 1. The minimum Gasteiger partial charge on any atom is -0.497 e. The fourth-order valence-electron chi connectivity index (χ4n) is 2.62. The monoisotopic (exact) mass is 355 g/mol. The van der Waals surface area contributed by atoms with Gasteiger partial charge in [-0.2, -0.15) is 0 Å². The van der Waals surface area contributed by atoms with E-state index in [1.165, 1.54) is 0 Å². The van der Waals surface area contributed by atoms with Crippen molar-refractivity contribution < 1.29 is 9.47 Å². The maximum Gasteiger partial charge on any atom is 0.190 e. The summed E-state index contributed by atoms with van der Waals surface area (Å²) >= 11 is 1.61. The van der Waals surface area contributed by atoms with Crippen LogP contribution in [0.2, 0.25) is 0 Å². The molecule has 3 rings (SSSR count). The standard InChI is InChI=1S/C19H21N3O2S/c1-4-10-22-17(16-11-15(23-2)7-8-18(16)24-3)13-25-19(22)21-14-6-5-9-20-12-14/h5-9,11-13H,4,10H2,1-3H3. The Kier molecular flexibility index (Phi) is 5.50. The summed E-state index contributed by atoms with van der Waals surface area (Å²) in [4.78, 5) is 9.83. The van der Waals surface area contributed by atoms with Gasteiger partial charge in [0.15, 0.2) is 4.80 Å². The van der Waals surface area contributed by atoms with Crippen molar-refractivity contribution in [2.24, 2.45) is 4.99 Å². The second-order valence-corrected chi connectivity index (χ2v) is 6.28. The highest BCUT2D eigenvalue weighted by molar-refractivity contribution is 7.07. The minimum atomic E-state index is 0.802. The van der Waals surface area contributed by atoms with Gasteiger partial charge in [0.25, 0.3) is 0 Å². The molecule has 0 saturated heterocycles. The molecule has 0 unspecified atom stereocenters. The first kappa shape index (κ1) is 17.2. The van der Waals surface area contributed by atoms with Gasteiger partial charge >= 0.3 is 0 Å². The molecule has 0 bridgehead atoms. The lowest BCUT2D eigenvalue weighted by atomic mass is 10.1. The van der Waals surface area contributed by atoms with E-state index in [0.717, 1.165) is 46.2 Å². The maximum atomic E-state index is 5.56. The van der Waals surface area contributed by atoms with Gasteiger partial charge in [0.2, 0.25) is 0 Å². The van der Waals surface area contributed by atoms with Crippen LogP contribution < -0.4 is 14.3 Å². The number of ether oxygens (including phenoxy) is 2. The van der Waals surface area contributed by atoms with Gasteiger partial charge in [0.05, 0.1) is 31.8 Å². The van der Waals surface area contributed by atoms with E-state index >= 15 is 0 Å². The molecule has 1 aromatic carbocycles. The first-order chi connectivity index (χ1) is 12.3. The van der Waals surface area contributed by atoms with Crippen molar-refractivity contribution in [3.8, 4) is 22.8 Å². The zero-order valence-corrected chi connectivity index (χ0v) is 15.4. The summed E-state index contributed by atoms with van der Waals surface area (Å²) in [5.74, 6) is 1.62. The Labute approximate surface area is 151 Å². The third-order valence-electron chi connectivity index (χ3n) is 3.80. The topological polar surface area (TPSA) is 48.6 Å². The summed E-state index contributed by atoms with van der Waals surface area (Å²) in [7, 11) is 3.35. The number of thiazole rings is 1. The SMILES string of the molecule is CCCn1c(-c2cc(OC)ccc2OC)csc1=Nc1cccnc1. The van der Waals surface area contributed by atoms with Gasteiger partial charge in [-0.3, -0.25) is 4.98 Å². The fraction of sp³-hybridized carbons (Fsp3) is 0.263. The average molecular weight is 355 g/mol. The normalized spacial score (nSPS) is 11.6. The van der Waals surface area contributed by atoms with Gasteiger partial charge in [-0.05, 0) is 36.8 Å². The molecule has 6 heteroatoms. The number of methoxy groups -OCH3 is 2. The van der Waals surface area contributed by atoms with Crippen LogP contribution in [0.4, 0.5) is 5.69 Å². The van der Waals surface area contributed by atoms with Crippen LogP contribution in [0.5, 0.6) is 11.5 Å². The highest BCUT2D eigenvalue weighted by Crippen LogP contribution is 2.33. The number of nitrogens with zero attached hydrogens (tertiary/aromatic N) is 3. The summed E-state index contributed by atoms with van der Waals surface area (Å²) < 4.78 is 13.2. The predicted octanol–water partition coefficient (Wildman–Crippen LogP) is 4.27. The molecule has 0 fully saturated rings. The molecule has 0 radical (unpaired) electrons. The van der Waals surface area contributed by atoms with Crippen LogP contribution >= 0.6 is 11.3 Å². The van der Waals surface area contributed by atoms with Gasteiger partial charge in [-0.1, -0.05) is 6.92 Å². The summed E-state index contributed by atoms with van der Waals surface area (Å²) in [5.41, 5.74) is 2.92. The Morgan fingerprint density at radius 3 is 2.76 bits per heavy atom. The third kappa shape index (κ3) is 3.74. The lowest BCUT2D eigenvalue weighted by Crippen LogP contribution is -2.15. The van der Waals surface area contributed by atoms with Crippen molar-refractivity contribution in [2.45, 2.75) is 19.9 Å². The van der Waals surface area contributed by atoms with Crippen LogP contribution in [-0.2, 0) is 6.54 Å². The van der Waals surface area contributed by atoms with E-state index in [1.807, 2.05) is 30.3 Å². The molecule has 0 atom stereocenters. The van der Waals surface area contributed by atoms with Crippen LogP contribution in [-0.4, -0.2) is 23.8 Å². The zero-order valence-electron chi connectivity index (χ0n) is 14.6. The van der Waals surface area contributed by atoms with Crippen LogP contribution in [0.1, 0.15) is 13.3 Å². The number of hydrogen-bond donors (Lipinski definition) is 0. The summed E-state index contributed by atoms with van der Waals surface area (Å²) in [6.45, 7) is 3.03. The van der Waals surface area contributed by atoms with E-state index < -0.39 is 0 Å². The minimum absolute atomic E-state index is 0.802. The van der Waals surface area contributed by atoms with Crippen LogP contribution in [0.3, 0.4) is 0 Å². The lowest BCUT2D eigenvalue weighted by molar-refractivity contribution is 0.404. The van der Waals surface area contributed by atoms with Crippen molar-refractivity contribution in [3.05, 3.63) is 52.9 Å². The summed E-state index contributed by atoms with van der Waals surface area (Å²) in [5, 5.41) is 2.11. The van der Waals surface area contributed by atoms with Gasteiger partial charge in [0, 0.05) is 23.7 Å². The number of hydrogen-bond acceptors (Lipinski definition) is 5. The zero-order chi connectivity index (χ0) is 17.6. The third-order valence-corrected chi connectivity index (χ3v) is 4.66. The quantitative estimate of drug-likeness (QED) is 0.663. The van der Waals surface area contributed by atoms with E-state index in [0.29, 0.717) is 0 Å². The molecule has 25 heavy (non-hydrogen) atoms. The largest absolute Gasteiger partial charge is 0.497 e. The molecule has 0 N–H and O–H groups in total. The number of pyridine rings is 1. The van der Waals surface area contributed by atoms with Gasteiger partial charge in [-0.15, -0.1) is 11.3 Å². The molecular weight excluding hydrogens is 334 g/mol. The molecule has 2 heterocycles. The van der Waals surface area contributed by atoms with E-state index in [1.54, 1.807) is 38.0 Å². The second kappa shape index (κ2) is 7.98. The first-order valence-corrected chi connectivity index (χ1v) is 9.00. The molecule has 3 aromatic rings. The van der Waals surface area contributed by atoms with Crippen molar-refractivity contribution in [1.82, 2.24) is 9.55 Å². The van der Waals surface area contributed by atoms with Crippen molar-refractivity contribution >= 4 is 17.0 Å². The highest BCUT2D eigenvalue weighted by Gasteiger charge is 2.13. The van der Waals surface area contributed by atoms with E-state index in [4.69, 9.17) is 14.5 Å². The molecule has 130 valence electrons. The molecule has 0 spiro atoms. The van der Waals surface area contributed by atoms with E-state index in [2.05, 4.69) is 21.9 Å². The Balaban J connectivity index is 2.17. The Morgan fingerprint density at radius 2 is 2.08 bits per heavy atom. The van der Waals surface area contributed by atoms with Crippen molar-refractivity contribution in [2.75, 3.05) is 14.2 Å². The molecule has 2 aromatic heterocycles.